The van der Waals surface area contributed by atoms with Crippen molar-refractivity contribution in [3.8, 4) is 0 Å². The maximum atomic E-state index is 12.2. The SMILES string of the molecule is Cc1ocnc1CNC(=O)C1CCc2ccccc2C1. The summed E-state index contributed by atoms with van der Waals surface area (Å²) in [5, 5.41) is 2.96. The van der Waals surface area contributed by atoms with Gasteiger partial charge in [-0.2, -0.15) is 0 Å². The van der Waals surface area contributed by atoms with Crippen LogP contribution in [0.3, 0.4) is 0 Å². The summed E-state index contributed by atoms with van der Waals surface area (Å²) >= 11 is 0. The second kappa shape index (κ2) is 5.49. The summed E-state index contributed by atoms with van der Waals surface area (Å²) in [6, 6.07) is 8.38. The second-order valence-corrected chi connectivity index (χ2v) is 5.28. The Morgan fingerprint density at radius 1 is 1.40 bits per heavy atom. The number of aromatic nitrogens is 1. The maximum Gasteiger partial charge on any atom is 0.223 e. The number of nitrogens with zero attached hydrogens (tertiary/aromatic N) is 1. The molecule has 0 bridgehead atoms. The molecule has 0 radical (unpaired) electrons. The minimum Gasteiger partial charge on any atom is -0.448 e. The molecule has 1 aliphatic carbocycles. The summed E-state index contributed by atoms with van der Waals surface area (Å²) in [5.74, 6) is 0.943. The Balaban J connectivity index is 1.60. The number of fused-ring (bicyclic) bond motifs is 1. The lowest BCUT2D eigenvalue weighted by molar-refractivity contribution is -0.125. The van der Waals surface area contributed by atoms with Crippen molar-refractivity contribution in [3.05, 3.63) is 53.2 Å². The topological polar surface area (TPSA) is 55.1 Å². The van der Waals surface area contributed by atoms with Crippen LogP contribution in [0.4, 0.5) is 0 Å². The van der Waals surface area contributed by atoms with Crippen LogP contribution in [0.1, 0.15) is 29.0 Å². The number of benzene rings is 1. The average molecular weight is 270 g/mol. The van der Waals surface area contributed by atoms with Crippen molar-refractivity contribution in [1.82, 2.24) is 10.3 Å². The zero-order chi connectivity index (χ0) is 13.9. The van der Waals surface area contributed by atoms with Gasteiger partial charge in [-0.1, -0.05) is 24.3 Å². The summed E-state index contributed by atoms with van der Waals surface area (Å²) in [7, 11) is 0. The van der Waals surface area contributed by atoms with Crippen molar-refractivity contribution < 1.29 is 9.21 Å². The summed E-state index contributed by atoms with van der Waals surface area (Å²) in [4.78, 5) is 16.3. The third-order valence-electron chi connectivity index (χ3n) is 3.99. The van der Waals surface area contributed by atoms with Crippen LogP contribution < -0.4 is 5.32 Å². The van der Waals surface area contributed by atoms with E-state index in [2.05, 4.69) is 28.5 Å². The predicted octanol–water partition coefficient (Wildman–Crippen LogP) is 2.40. The standard InChI is InChI=1S/C16H18N2O2/c1-11-15(18-10-20-11)9-17-16(19)14-7-6-12-4-2-3-5-13(12)8-14/h2-5,10,14H,6-9H2,1H3,(H,17,19). The fraction of sp³-hybridized carbons (Fsp3) is 0.375. The van der Waals surface area contributed by atoms with Gasteiger partial charge in [0.05, 0.1) is 6.54 Å². The first kappa shape index (κ1) is 12.9. The molecular formula is C16H18N2O2. The summed E-state index contributed by atoms with van der Waals surface area (Å²) < 4.78 is 5.13. The van der Waals surface area contributed by atoms with E-state index < -0.39 is 0 Å². The highest BCUT2D eigenvalue weighted by Crippen LogP contribution is 2.25. The van der Waals surface area contributed by atoms with Crippen LogP contribution in [0.25, 0.3) is 0 Å². The summed E-state index contributed by atoms with van der Waals surface area (Å²) in [6.45, 7) is 2.30. The lowest BCUT2D eigenvalue weighted by atomic mass is 9.83. The number of carbonyl (C=O) groups excluding carboxylic acids is 1. The lowest BCUT2D eigenvalue weighted by Crippen LogP contribution is -2.33. The van der Waals surface area contributed by atoms with E-state index in [-0.39, 0.29) is 11.8 Å². The van der Waals surface area contributed by atoms with Gasteiger partial charge in [-0.25, -0.2) is 4.98 Å². The normalized spacial score (nSPS) is 17.6. The van der Waals surface area contributed by atoms with Crippen LogP contribution in [0.15, 0.2) is 35.1 Å². The molecule has 3 rings (SSSR count). The lowest BCUT2D eigenvalue weighted by Gasteiger charge is -2.23. The smallest absolute Gasteiger partial charge is 0.223 e. The average Bonchev–Trinajstić information content (AvgIpc) is 2.89. The van der Waals surface area contributed by atoms with E-state index in [1.807, 2.05) is 13.0 Å². The molecule has 0 aliphatic heterocycles. The van der Waals surface area contributed by atoms with Gasteiger partial charge in [-0.15, -0.1) is 0 Å². The van der Waals surface area contributed by atoms with E-state index in [0.29, 0.717) is 6.54 Å². The van der Waals surface area contributed by atoms with Crippen LogP contribution in [0.2, 0.25) is 0 Å². The molecule has 1 aromatic carbocycles. The highest BCUT2D eigenvalue weighted by Gasteiger charge is 2.24. The first-order chi connectivity index (χ1) is 9.74. The Labute approximate surface area is 118 Å². The zero-order valence-electron chi connectivity index (χ0n) is 11.6. The molecule has 1 amide bonds. The van der Waals surface area contributed by atoms with Gasteiger partial charge in [0.15, 0.2) is 6.39 Å². The molecule has 1 aromatic heterocycles. The highest BCUT2D eigenvalue weighted by atomic mass is 16.3. The van der Waals surface area contributed by atoms with Gasteiger partial charge in [0.1, 0.15) is 11.5 Å². The predicted molar refractivity (Wildman–Crippen MR) is 75.0 cm³/mol. The minimum absolute atomic E-state index is 0.0668. The Morgan fingerprint density at radius 2 is 2.20 bits per heavy atom. The molecule has 0 spiro atoms. The van der Waals surface area contributed by atoms with Crippen molar-refractivity contribution in [2.24, 2.45) is 5.92 Å². The zero-order valence-corrected chi connectivity index (χ0v) is 11.6. The van der Waals surface area contributed by atoms with Crippen LogP contribution in [-0.4, -0.2) is 10.9 Å². The van der Waals surface area contributed by atoms with Crippen molar-refractivity contribution in [2.75, 3.05) is 0 Å². The van der Waals surface area contributed by atoms with E-state index in [1.165, 1.54) is 17.5 Å². The molecule has 4 nitrogen and oxygen atoms in total. The van der Waals surface area contributed by atoms with E-state index in [1.54, 1.807) is 0 Å². The number of hydrogen-bond acceptors (Lipinski definition) is 3. The fourth-order valence-electron chi connectivity index (χ4n) is 2.73. The van der Waals surface area contributed by atoms with Gasteiger partial charge in [-0.05, 0) is 37.3 Å². The van der Waals surface area contributed by atoms with Gasteiger partial charge in [0.25, 0.3) is 0 Å². The highest BCUT2D eigenvalue weighted by molar-refractivity contribution is 5.79. The Kier molecular flexibility index (Phi) is 3.54. The van der Waals surface area contributed by atoms with Gasteiger partial charge < -0.3 is 9.73 Å². The molecule has 1 heterocycles. The van der Waals surface area contributed by atoms with Crippen LogP contribution >= 0.6 is 0 Å². The largest absolute Gasteiger partial charge is 0.448 e. The van der Waals surface area contributed by atoms with Crippen molar-refractivity contribution in [2.45, 2.75) is 32.7 Å². The van der Waals surface area contributed by atoms with Crippen molar-refractivity contribution in [1.29, 1.82) is 0 Å². The molecule has 0 saturated carbocycles. The molecule has 20 heavy (non-hydrogen) atoms. The minimum atomic E-state index is 0.0668. The fourth-order valence-corrected chi connectivity index (χ4v) is 2.73. The number of nitrogens with one attached hydrogen (secondary N) is 1. The molecule has 0 saturated heterocycles. The van der Waals surface area contributed by atoms with E-state index in [4.69, 9.17) is 4.42 Å². The third-order valence-corrected chi connectivity index (χ3v) is 3.99. The van der Waals surface area contributed by atoms with Gasteiger partial charge in [0.2, 0.25) is 5.91 Å². The number of hydrogen-bond donors (Lipinski definition) is 1. The van der Waals surface area contributed by atoms with E-state index >= 15 is 0 Å². The number of aryl methyl sites for hydroxylation is 2. The Bertz CT molecular complexity index is 618. The number of amides is 1. The molecule has 1 unspecified atom stereocenters. The Hall–Kier alpha value is -2.10. The first-order valence-electron chi connectivity index (χ1n) is 6.97. The quantitative estimate of drug-likeness (QED) is 0.931. The van der Waals surface area contributed by atoms with Crippen LogP contribution in [-0.2, 0) is 24.2 Å². The first-order valence-corrected chi connectivity index (χ1v) is 6.97. The van der Waals surface area contributed by atoms with Crippen LogP contribution in [0.5, 0.6) is 0 Å². The van der Waals surface area contributed by atoms with Gasteiger partial charge in [0, 0.05) is 5.92 Å². The Morgan fingerprint density at radius 3 is 2.95 bits per heavy atom. The summed E-state index contributed by atoms with van der Waals surface area (Å²) in [6.07, 6.45) is 4.14. The molecule has 2 aromatic rings. The molecule has 4 heteroatoms. The molecule has 104 valence electrons. The summed E-state index contributed by atoms with van der Waals surface area (Å²) in [5.41, 5.74) is 3.48. The van der Waals surface area contributed by atoms with Crippen molar-refractivity contribution in [3.63, 3.8) is 0 Å². The van der Waals surface area contributed by atoms with Crippen molar-refractivity contribution >= 4 is 5.91 Å². The van der Waals surface area contributed by atoms with Gasteiger partial charge >= 0.3 is 0 Å². The van der Waals surface area contributed by atoms with E-state index in [9.17, 15) is 4.79 Å². The third kappa shape index (κ3) is 2.59. The number of rotatable bonds is 3. The van der Waals surface area contributed by atoms with Gasteiger partial charge in [-0.3, -0.25) is 4.79 Å². The number of carbonyl (C=O) groups is 1. The van der Waals surface area contributed by atoms with E-state index in [0.717, 1.165) is 30.7 Å². The molecule has 0 fully saturated rings. The second-order valence-electron chi connectivity index (χ2n) is 5.28. The monoisotopic (exact) mass is 270 g/mol. The molecular weight excluding hydrogens is 252 g/mol. The molecule has 1 N–H and O–H groups in total. The number of oxazole rings is 1. The molecule has 1 aliphatic rings. The maximum absolute atomic E-state index is 12.2. The molecule has 1 atom stereocenters. The van der Waals surface area contributed by atoms with Crippen LogP contribution in [0, 0.1) is 12.8 Å².